The van der Waals surface area contributed by atoms with Gasteiger partial charge in [0.05, 0.1) is 22.8 Å². The van der Waals surface area contributed by atoms with E-state index in [2.05, 4.69) is 50.2 Å². The van der Waals surface area contributed by atoms with Crippen molar-refractivity contribution < 1.29 is 47.0 Å². The molecule has 4 atom stereocenters. The molecule has 0 unspecified atom stereocenters. The zero-order valence-electron chi connectivity index (χ0n) is 34.4. The lowest BCUT2D eigenvalue weighted by Crippen LogP contribution is -2.55. The summed E-state index contributed by atoms with van der Waals surface area (Å²) in [6.45, 7) is 13.5. The molecule has 324 valence electrons. The number of benzene rings is 2. The van der Waals surface area contributed by atoms with Crippen LogP contribution in [0, 0.1) is 32.6 Å². The van der Waals surface area contributed by atoms with Gasteiger partial charge < -0.3 is 31.1 Å². The van der Waals surface area contributed by atoms with Gasteiger partial charge in [-0.05, 0) is 62.3 Å². The predicted octanol–water partition coefficient (Wildman–Crippen LogP) is 4.80. The van der Waals surface area contributed by atoms with Gasteiger partial charge in [0.25, 0.3) is 5.91 Å². The van der Waals surface area contributed by atoms with Crippen molar-refractivity contribution in [3.05, 3.63) is 93.0 Å². The van der Waals surface area contributed by atoms with E-state index in [-0.39, 0.29) is 43.9 Å². The third-order valence-corrected chi connectivity index (χ3v) is 10.2. The first kappa shape index (κ1) is 46.8. The minimum Gasteiger partial charge on any atom is -0.491 e. The number of thiazole rings is 1. The number of aryl methyl sites for hydroxylation is 3. The van der Waals surface area contributed by atoms with Crippen molar-refractivity contribution in [1.82, 2.24) is 41.0 Å². The van der Waals surface area contributed by atoms with Crippen LogP contribution in [0.4, 0.5) is 13.2 Å². The molecule has 0 saturated heterocycles. The van der Waals surface area contributed by atoms with Gasteiger partial charge in [0.2, 0.25) is 17.7 Å². The highest BCUT2D eigenvalue weighted by atomic mass is 32.1. The highest BCUT2D eigenvalue weighted by Gasteiger charge is 2.38. The minimum atomic E-state index is -5.08. The summed E-state index contributed by atoms with van der Waals surface area (Å²) in [6, 6.07) is 13.7. The molecule has 0 saturated carbocycles. The van der Waals surface area contributed by atoms with E-state index in [0.717, 1.165) is 16.1 Å². The van der Waals surface area contributed by atoms with E-state index < -0.39 is 48.0 Å². The van der Waals surface area contributed by atoms with E-state index >= 15 is 0 Å². The van der Waals surface area contributed by atoms with E-state index in [1.165, 1.54) is 16.0 Å². The molecule has 60 heavy (non-hydrogen) atoms. The van der Waals surface area contributed by atoms with Crippen LogP contribution in [0.25, 0.3) is 0 Å². The normalized spacial score (nSPS) is 19.2. The molecule has 0 aliphatic carbocycles. The number of nitrogens with one attached hydrogen (secondary N) is 4. The number of nitrogens with zero attached hydrogens (tertiary/aromatic N) is 4. The molecule has 19 heteroatoms. The highest BCUT2D eigenvalue weighted by molar-refractivity contribution is 7.13. The molecule has 0 spiro atoms. The standard InChI is InChI=1S/C39H50N8O5S.C2HF3O2/c1-22(2)17-29-21-52-30-15-13-28(14-16-30)19-31(44-39(51)35-24(5)40-26(7)53-35)37(49)43-32(18-27-11-9-8-10-12-27)38(50)45-34(23(3)4)36-41-25(6)46-47(36)20-33(48)42-29;3-2(4,5)1(6)7/h8-16,22-23,29,31-32,34H,17-21H2,1-7H3,(H,42,48)(H,43,49)(H,44,51)(H,45,50);(H,6,7)/t29-,31+,32-,34-;/m0./s1. The maximum Gasteiger partial charge on any atom is 0.490 e. The van der Waals surface area contributed by atoms with Crippen molar-refractivity contribution in [2.45, 2.75) is 105 Å². The molecule has 6 rings (SSSR count). The van der Waals surface area contributed by atoms with Crippen molar-refractivity contribution >= 4 is 40.9 Å². The summed E-state index contributed by atoms with van der Waals surface area (Å²) < 4.78 is 39.4. The Bertz CT molecular complexity index is 2110. The fourth-order valence-corrected chi connectivity index (χ4v) is 7.23. The van der Waals surface area contributed by atoms with Crippen molar-refractivity contribution in [3.63, 3.8) is 0 Å². The van der Waals surface area contributed by atoms with Crippen LogP contribution in [0.5, 0.6) is 5.75 Å². The van der Waals surface area contributed by atoms with Crippen LogP contribution in [0.15, 0.2) is 54.6 Å². The largest absolute Gasteiger partial charge is 0.491 e. The Hall–Kier alpha value is -5.85. The third-order valence-electron chi connectivity index (χ3n) is 9.17. The van der Waals surface area contributed by atoms with Crippen molar-refractivity contribution in [2.24, 2.45) is 11.8 Å². The van der Waals surface area contributed by atoms with E-state index in [0.29, 0.717) is 40.3 Å². The van der Waals surface area contributed by atoms with Crippen LogP contribution < -0.4 is 26.0 Å². The fraction of sp³-hybridized carbons (Fsp3) is 0.463. The summed E-state index contributed by atoms with van der Waals surface area (Å²) >= 11 is 1.26. The Morgan fingerprint density at radius 3 is 2.17 bits per heavy atom. The van der Waals surface area contributed by atoms with Crippen molar-refractivity contribution in [3.8, 4) is 5.75 Å². The quantitative estimate of drug-likeness (QED) is 0.172. The molecular weight excluding hydrogens is 806 g/mol. The van der Waals surface area contributed by atoms with E-state index in [1.54, 1.807) is 26.0 Å². The molecule has 0 fully saturated rings. The number of hydrogen-bond acceptors (Lipinski definition) is 10. The number of amides is 4. The van der Waals surface area contributed by atoms with E-state index in [4.69, 9.17) is 14.6 Å². The molecule has 2 aromatic heterocycles. The first-order valence-electron chi connectivity index (χ1n) is 19.3. The Balaban J connectivity index is 0.00000104. The van der Waals surface area contributed by atoms with Crippen LogP contribution >= 0.6 is 11.3 Å². The zero-order valence-corrected chi connectivity index (χ0v) is 35.2. The summed E-state index contributed by atoms with van der Waals surface area (Å²) in [5.41, 5.74) is 2.19. The van der Waals surface area contributed by atoms with Gasteiger partial charge in [0, 0.05) is 12.8 Å². The molecule has 5 N–H and O–H groups in total. The van der Waals surface area contributed by atoms with Crippen LogP contribution in [0.1, 0.15) is 83.3 Å². The monoisotopic (exact) mass is 856 g/mol. The summed E-state index contributed by atoms with van der Waals surface area (Å²) in [6.07, 6.45) is -4.05. The minimum absolute atomic E-state index is 0.108. The summed E-state index contributed by atoms with van der Waals surface area (Å²) in [5.74, 6) is -2.77. The predicted molar refractivity (Wildman–Crippen MR) is 216 cm³/mol. The Labute approximate surface area is 349 Å². The molecule has 2 aliphatic heterocycles. The van der Waals surface area contributed by atoms with Gasteiger partial charge in [-0.2, -0.15) is 18.3 Å². The van der Waals surface area contributed by atoms with Gasteiger partial charge in [0.15, 0.2) is 5.82 Å². The molecule has 0 radical (unpaired) electrons. The second-order valence-electron chi connectivity index (χ2n) is 15.2. The van der Waals surface area contributed by atoms with Crippen molar-refractivity contribution in [2.75, 3.05) is 6.61 Å². The lowest BCUT2D eigenvalue weighted by Gasteiger charge is -2.27. The number of aliphatic carboxylic acids is 1. The lowest BCUT2D eigenvalue weighted by molar-refractivity contribution is -0.192. The van der Waals surface area contributed by atoms with Gasteiger partial charge in [0.1, 0.15) is 41.7 Å². The Morgan fingerprint density at radius 1 is 0.950 bits per heavy atom. The van der Waals surface area contributed by atoms with E-state index in [9.17, 15) is 32.3 Å². The smallest absolute Gasteiger partial charge is 0.490 e. The Morgan fingerprint density at radius 2 is 1.60 bits per heavy atom. The number of fused-ring (bicyclic) bond motifs is 14. The SMILES string of the molecule is Cc1nc2n(n1)CC(=O)N[C@@H](CC(C)C)COc1ccc(cc1)C[C@@H](NC(=O)c1sc(C)nc1C)C(=O)N[C@@H](Cc1ccccc1)C(=O)N[C@H]2C(C)C.O=C(O)C(F)(F)F. The zero-order chi connectivity index (χ0) is 44.3. The summed E-state index contributed by atoms with van der Waals surface area (Å²) in [7, 11) is 0. The molecule has 2 bridgehead atoms. The number of carbonyl (C=O) groups is 5. The summed E-state index contributed by atoms with van der Waals surface area (Å²) in [4.78, 5) is 74.0. The average molecular weight is 857 g/mol. The van der Waals surface area contributed by atoms with Crippen LogP contribution in [0.3, 0.4) is 0 Å². The first-order valence-corrected chi connectivity index (χ1v) is 20.1. The Kier molecular flexibility index (Phi) is 16.3. The van der Waals surface area contributed by atoms with Crippen molar-refractivity contribution in [1.29, 1.82) is 0 Å². The number of hydrogen-bond donors (Lipinski definition) is 5. The molecule has 4 heterocycles. The first-order chi connectivity index (χ1) is 28.2. The molecular formula is C41H51F3N8O7S. The molecule has 4 aromatic rings. The number of alkyl halides is 3. The van der Waals surface area contributed by atoms with Gasteiger partial charge in [-0.25, -0.2) is 19.4 Å². The number of carboxylic acids is 1. The number of carbonyl (C=O) groups excluding carboxylic acids is 4. The lowest BCUT2D eigenvalue weighted by atomic mass is 10.00. The molecule has 2 aromatic carbocycles. The number of aromatic nitrogens is 4. The third kappa shape index (κ3) is 13.9. The molecule has 15 nitrogen and oxygen atoms in total. The second kappa shape index (κ2) is 20.9. The van der Waals surface area contributed by atoms with Gasteiger partial charge in [-0.3, -0.25) is 19.2 Å². The maximum absolute atomic E-state index is 14.3. The van der Waals surface area contributed by atoms with Gasteiger partial charge in [-0.15, -0.1) is 11.3 Å². The second-order valence-corrected chi connectivity index (χ2v) is 16.4. The topological polar surface area (TPSA) is 207 Å². The molecule has 4 amide bonds. The van der Waals surface area contributed by atoms with Crippen LogP contribution in [-0.4, -0.2) is 85.4 Å². The highest BCUT2D eigenvalue weighted by Crippen LogP contribution is 2.23. The number of carboxylic acid groups (broad SMARTS) is 1. The maximum atomic E-state index is 14.3. The molecule has 2 aliphatic rings. The summed E-state index contributed by atoms with van der Waals surface area (Å²) in [5, 5.41) is 24.5. The van der Waals surface area contributed by atoms with Crippen LogP contribution in [0.2, 0.25) is 0 Å². The number of rotatable bonds is 7. The van der Waals surface area contributed by atoms with Crippen LogP contribution in [-0.2, 0) is 38.6 Å². The van der Waals surface area contributed by atoms with Gasteiger partial charge in [-0.1, -0.05) is 70.2 Å². The number of ether oxygens (including phenoxy) is 1. The van der Waals surface area contributed by atoms with E-state index in [1.807, 2.05) is 63.2 Å². The van der Waals surface area contributed by atoms with Gasteiger partial charge >= 0.3 is 12.1 Å². The fourth-order valence-electron chi connectivity index (χ4n) is 6.41. The number of halogens is 3. The average Bonchev–Trinajstić information content (AvgIpc) is 3.70.